The minimum atomic E-state index is -0.252. The van der Waals surface area contributed by atoms with Gasteiger partial charge >= 0.3 is 0 Å². The molecule has 0 radical (unpaired) electrons. The Balaban J connectivity index is 1.75. The van der Waals surface area contributed by atoms with E-state index in [1.165, 1.54) is 22.5 Å². The summed E-state index contributed by atoms with van der Waals surface area (Å²) in [7, 11) is 0. The molecular weight excluding hydrogens is 330 g/mol. The van der Waals surface area contributed by atoms with E-state index in [4.69, 9.17) is 0 Å². The van der Waals surface area contributed by atoms with Gasteiger partial charge in [-0.2, -0.15) is 5.10 Å². The summed E-state index contributed by atoms with van der Waals surface area (Å²) in [4.78, 5) is 33.7. The zero-order valence-electron chi connectivity index (χ0n) is 14.9. The fourth-order valence-corrected chi connectivity index (χ4v) is 3.50. The van der Waals surface area contributed by atoms with E-state index in [9.17, 15) is 9.59 Å². The zero-order valence-corrected chi connectivity index (χ0v) is 14.9. The number of H-pyrrole nitrogens is 1. The number of carbonyl (C=O) groups is 1. The highest BCUT2D eigenvalue weighted by molar-refractivity contribution is 6.08. The molecule has 4 rings (SSSR count). The van der Waals surface area contributed by atoms with Crippen LogP contribution in [0.2, 0.25) is 0 Å². The maximum Gasteiger partial charge on any atom is 0.262 e. The van der Waals surface area contributed by atoms with Gasteiger partial charge in [0.05, 0.1) is 17.5 Å². The van der Waals surface area contributed by atoms with Crippen molar-refractivity contribution in [3.63, 3.8) is 0 Å². The predicted molar refractivity (Wildman–Crippen MR) is 97.9 cm³/mol. The van der Waals surface area contributed by atoms with Crippen molar-refractivity contribution in [2.24, 2.45) is 0 Å². The van der Waals surface area contributed by atoms with Gasteiger partial charge in [0.1, 0.15) is 0 Å². The van der Waals surface area contributed by atoms with E-state index in [0.717, 1.165) is 12.1 Å². The van der Waals surface area contributed by atoms with E-state index in [1.54, 1.807) is 13.8 Å². The van der Waals surface area contributed by atoms with Crippen LogP contribution in [0.25, 0.3) is 5.95 Å². The number of fused-ring (bicyclic) bond motifs is 1. The number of amides is 1. The Morgan fingerprint density at radius 1 is 1.27 bits per heavy atom. The molecule has 3 heterocycles. The van der Waals surface area contributed by atoms with Gasteiger partial charge in [-0.15, -0.1) is 0 Å². The lowest BCUT2D eigenvalue weighted by molar-refractivity contribution is 0.0981. The molecule has 2 aromatic heterocycles. The SMILES string of the molecule is Cc1cc(=O)[nH]c(-n2ncc(C(=O)N3c4ccccc4C[C@H]3C)c2C)n1. The second-order valence-electron chi connectivity index (χ2n) is 6.62. The number of carbonyl (C=O) groups excluding carboxylic acids is 1. The number of para-hydroxylation sites is 1. The first-order valence-electron chi connectivity index (χ1n) is 8.50. The van der Waals surface area contributed by atoms with E-state index in [-0.39, 0.29) is 17.5 Å². The molecule has 1 N–H and O–H groups in total. The summed E-state index contributed by atoms with van der Waals surface area (Å²) in [6.45, 7) is 5.58. The van der Waals surface area contributed by atoms with Gasteiger partial charge in [-0.1, -0.05) is 18.2 Å². The van der Waals surface area contributed by atoms with Gasteiger partial charge in [0.25, 0.3) is 11.5 Å². The van der Waals surface area contributed by atoms with Crippen LogP contribution in [0.5, 0.6) is 0 Å². The number of hydrogen-bond acceptors (Lipinski definition) is 4. The van der Waals surface area contributed by atoms with Crippen LogP contribution in [0.4, 0.5) is 5.69 Å². The van der Waals surface area contributed by atoms with Crippen molar-refractivity contribution in [1.82, 2.24) is 19.7 Å². The zero-order chi connectivity index (χ0) is 18.4. The third kappa shape index (κ3) is 2.52. The molecule has 0 saturated carbocycles. The topological polar surface area (TPSA) is 83.9 Å². The van der Waals surface area contributed by atoms with Crippen LogP contribution < -0.4 is 10.5 Å². The number of nitrogens with zero attached hydrogens (tertiary/aromatic N) is 4. The highest BCUT2D eigenvalue weighted by atomic mass is 16.2. The molecule has 1 aliphatic heterocycles. The van der Waals surface area contributed by atoms with Crippen LogP contribution in [-0.2, 0) is 6.42 Å². The lowest BCUT2D eigenvalue weighted by atomic mass is 10.1. The fourth-order valence-electron chi connectivity index (χ4n) is 3.50. The lowest BCUT2D eigenvalue weighted by Crippen LogP contribution is -2.36. The smallest absolute Gasteiger partial charge is 0.262 e. The molecule has 1 aliphatic rings. The van der Waals surface area contributed by atoms with Crippen molar-refractivity contribution in [2.45, 2.75) is 33.2 Å². The van der Waals surface area contributed by atoms with Crippen LogP contribution in [0, 0.1) is 13.8 Å². The van der Waals surface area contributed by atoms with Crippen molar-refractivity contribution >= 4 is 11.6 Å². The second kappa shape index (κ2) is 5.94. The molecule has 0 saturated heterocycles. The molecular formula is C19H19N5O2. The molecule has 26 heavy (non-hydrogen) atoms. The summed E-state index contributed by atoms with van der Waals surface area (Å²) in [6.07, 6.45) is 2.37. The largest absolute Gasteiger partial charge is 0.305 e. The normalized spacial score (nSPS) is 16.0. The van der Waals surface area contributed by atoms with Crippen LogP contribution in [0.3, 0.4) is 0 Å². The van der Waals surface area contributed by atoms with E-state index < -0.39 is 0 Å². The third-order valence-electron chi connectivity index (χ3n) is 4.72. The second-order valence-corrected chi connectivity index (χ2v) is 6.62. The van der Waals surface area contributed by atoms with Gasteiger partial charge < -0.3 is 4.90 Å². The van der Waals surface area contributed by atoms with Crippen molar-refractivity contribution in [3.05, 3.63) is 69.4 Å². The summed E-state index contributed by atoms with van der Waals surface area (Å²) in [5.74, 6) is 0.211. The first kappa shape index (κ1) is 16.3. The van der Waals surface area contributed by atoms with Crippen LogP contribution in [0.1, 0.15) is 34.2 Å². The number of nitrogens with one attached hydrogen (secondary N) is 1. The molecule has 1 atom stereocenters. The number of rotatable bonds is 2. The third-order valence-corrected chi connectivity index (χ3v) is 4.72. The Labute approximate surface area is 150 Å². The van der Waals surface area contributed by atoms with E-state index in [0.29, 0.717) is 22.9 Å². The van der Waals surface area contributed by atoms with Gasteiger partial charge in [0.15, 0.2) is 0 Å². The van der Waals surface area contributed by atoms with Gasteiger partial charge in [0.2, 0.25) is 5.95 Å². The number of aromatic nitrogens is 4. The predicted octanol–water partition coefficient (Wildman–Crippen LogP) is 2.16. The van der Waals surface area contributed by atoms with Crippen molar-refractivity contribution in [1.29, 1.82) is 0 Å². The fraction of sp³-hybridized carbons (Fsp3) is 0.263. The van der Waals surface area contributed by atoms with Crippen LogP contribution >= 0.6 is 0 Å². The Bertz CT molecular complexity index is 1070. The van der Waals surface area contributed by atoms with Crippen LogP contribution in [0.15, 0.2) is 41.3 Å². The monoisotopic (exact) mass is 349 g/mol. The van der Waals surface area contributed by atoms with Crippen molar-refractivity contribution < 1.29 is 4.79 Å². The standard InChI is InChI=1S/C19H19N5O2/c1-11-8-17(25)22-19(21-11)24-13(3)15(10-20-24)18(26)23-12(2)9-14-6-4-5-7-16(14)23/h4-8,10,12H,9H2,1-3H3,(H,21,22,25)/t12-/m1/s1. The van der Waals surface area contributed by atoms with Gasteiger partial charge in [-0.25, -0.2) is 9.67 Å². The first-order chi connectivity index (χ1) is 12.5. The Morgan fingerprint density at radius 3 is 2.81 bits per heavy atom. The molecule has 0 fully saturated rings. The average molecular weight is 349 g/mol. The number of benzene rings is 1. The molecule has 0 spiro atoms. The molecule has 0 aliphatic carbocycles. The van der Waals surface area contributed by atoms with Crippen LogP contribution in [-0.4, -0.2) is 31.7 Å². The minimum absolute atomic E-state index is 0.0829. The van der Waals surface area contributed by atoms with E-state index in [1.807, 2.05) is 30.0 Å². The number of anilines is 1. The van der Waals surface area contributed by atoms with E-state index >= 15 is 0 Å². The summed E-state index contributed by atoms with van der Waals surface area (Å²) >= 11 is 0. The molecule has 0 bridgehead atoms. The summed E-state index contributed by atoms with van der Waals surface area (Å²) < 4.78 is 1.49. The molecule has 3 aromatic rings. The molecule has 7 nitrogen and oxygen atoms in total. The van der Waals surface area contributed by atoms with Gasteiger partial charge in [-0.3, -0.25) is 14.6 Å². The Morgan fingerprint density at radius 2 is 2.04 bits per heavy atom. The summed E-state index contributed by atoms with van der Waals surface area (Å²) in [5.41, 5.74) is 3.59. The highest BCUT2D eigenvalue weighted by Crippen LogP contribution is 2.33. The number of hydrogen-bond donors (Lipinski definition) is 1. The van der Waals surface area contributed by atoms with Gasteiger partial charge in [-0.05, 0) is 38.8 Å². The molecule has 132 valence electrons. The van der Waals surface area contributed by atoms with Crippen molar-refractivity contribution in [3.8, 4) is 5.95 Å². The summed E-state index contributed by atoms with van der Waals surface area (Å²) in [6, 6.07) is 9.45. The maximum atomic E-state index is 13.2. The first-order valence-corrected chi connectivity index (χ1v) is 8.50. The Kier molecular flexibility index (Phi) is 3.72. The molecule has 1 amide bonds. The quantitative estimate of drug-likeness (QED) is 0.768. The van der Waals surface area contributed by atoms with Crippen molar-refractivity contribution in [2.75, 3.05) is 4.90 Å². The Hall–Kier alpha value is -3.22. The molecule has 7 heteroatoms. The number of aryl methyl sites for hydroxylation is 1. The summed E-state index contributed by atoms with van der Waals surface area (Å²) in [5, 5.41) is 4.28. The minimum Gasteiger partial charge on any atom is -0.305 e. The molecule has 0 unspecified atom stereocenters. The maximum absolute atomic E-state index is 13.2. The van der Waals surface area contributed by atoms with Gasteiger partial charge in [0, 0.05) is 23.5 Å². The van der Waals surface area contributed by atoms with E-state index in [2.05, 4.69) is 21.1 Å². The molecule has 1 aromatic carbocycles. The lowest BCUT2D eigenvalue weighted by Gasteiger charge is -2.22. The number of aromatic amines is 1. The average Bonchev–Trinajstić information content (AvgIpc) is 3.12. The highest BCUT2D eigenvalue weighted by Gasteiger charge is 2.33.